The number of amides is 2. The summed E-state index contributed by atoms with van der Waals surface area (Å²) in [5, 5.41) is 6.50. The number of pyridine rings is 1. The molecule has 0 aliphatic rings. The van der Waals surface area contributed by atoms with E-state index in [2.05, 4.69) is 57.4 Å². The zero-order chi connectivity index (χ0) is 21.7. The van der Waals surface area contributed by atoms with Crippen LogP contribution in [-0.4, -0.2) is 27.6 Å². The van der Waals surface area contributed by atoms with Gasteiger partial charge in [-0.25, -0.2) is 5.43 Å². The van der Waals surface area contributed by atoms with Gasteiger partial charge in [0, 0.05) is 41.6 Å². The van der Waals surface area contributed by atoms with Crippen LogP contribution in [0.1, 0.15) is 33.6 Å². The minimum atomic E-state index is -0.816. The molecule has 1 aromatic carbocycles. The van der Waals surface area contributed by atoms with Crippen LogP contribution in [0.25, 0.3) is 5.69 Å². The summed E-state index contributed by atoms with van der Waals surface area (Å²) in [6.07, 6.45) is 4.80. The Labute approximate surface area is 175 Å². The van der Waals surface area contributed by atoms with Crippen LogP contribution in [0.2, 0.25) is 0 Å². The number of rotatable bonds is 5. The SMILES string of the molecule is Cc1ccc(-n2c(C)cc(/C=N\NC(=O)C(=O)NCc3ccncc3)c2C)cc1C. The van der Waals surface area contributed by atoms with E-state index >= 15 is 0 Å². The fourth-order valence-corrected chi connectivity index (χ4v) is 3.15. The van der Waals surface area contributed by atoms with Crippen LogP contribution in [0.4, 0.5) is 0 Å². The topological polar surface area (TPSA) is 88.4 Å². The Morgan fingerprint density at radius 2 is 1.73 bits per heavy atom. The predicted octanol–water partition coefficient (Wildman–Crippen LogP) is 2.87. The second kappa shape index (κ2) is 9.17. The Hall–Kier alpha value is -3.74. The average molecular weight is 403 g/mol. The van der Waals surface area contributed by atoms with Crippen molar-refractivity contribution in [3.63, 3.8) is 0 Å². The summed E-state index contributed by atoms with van der Waals surface area (Å²) >= 11 is 0. The van der Waals surface area contributed by atoms with Gasteiger partial charge in [0.2, 0.25) is 0 Å². The van der Waals surface area contributed by atoms with E-state index in [0.717, 1.165) is 28.2 Å². The molecule has 7 heteroatoms. The van der Waals surface area contributed by atoms with E-state index in [1.54, 1.807) is 30.7 Å². The van der Waals surface area contributed by atoms with Crippen LogP contribution in [0.15, 0.2) is 53.9 Å². The van der Waals surface area contributed by atoms with E-state index in [1.807, 2.05) is 19.9 Å². The number of carbonyl (C=O) groups is 2. The van der Waals surface area contributed by atoms with E-state index in [4.69, 9.17) is 0 Å². The van der Waals surface area contributed by atoms with Gasteiger partial charge in [-0.1, -0.05) is 6.07 Å². The minimum absolute atomic E-state index is 0.246. The molecule has 0 bridgehead atoms. The number of hydrazone groups is 1. The molecular formula is C23H25N5O2. The smallest absolute Gasteiger partial charge is 0.329 e. The van der Waals surface area contributed by atoms with Crippen molar-refractivity contribution in [3.05, 3.63) is 82.4 Å². The van der Waals surface area contributed by atoms with E-state index in [9.17, 15) is 9.59 Å². The standard InChI is InChI=1S/C23H25N5O2/c1-15-5-6-21(11-16(15)2)28-17(3)12-20(18(28)4)14-26-27-23(30)22(29)25-13-19-7-9-24-10-8-19/h5-12,14H,13H2,1-4H3,(H,25,29)(H,27,30)/b26-14-. The highest BCUT2D eigenvalue weighted by Crippen LogP contribution is 2.21. The third-order valence-electron chi connectivity index (χ3n) is 5.00. The van der Waals surface area contributed by atoms with Crippen molar-refractivity contribution in [2.75, 3.05) is 0 Å². The van der Waals surface area contributed by atoms with Gasteiger partial charge in [-0.15, -0.1) is 0 Å². The largest absolute Gasteiger partial charge is 0.344 e. The van der Waals surface area contributed by atoms with Crippen LogP contribution in [-0.2, 0) is 16.1 Å². The maximum absolute atomic E-state index is 11.9. The Balaban J connectivity index is 1.64. The van der Waals surface area contributed by atoms with Crippen molar-refractivity contribution < 1.29 is 9.59 Å². The van der Waals surface area contributed by atoms with Crippen LogP contribution in [0, 0.1) is 27.7 Å². The fourth-order valence-electron chi connectivity index (χ4n) is 3.15. The van der Waals surface area contributed by atoms with Crippen LogP contribution >= 0.6 is 0 Å². The molecule has 2 N–H and O–H groups in total. The van der Waals surface area contributed by atoms with E-state index in [1.165, 1.54) is 11.1 Å². The van der Waals surface area contributed by atoms with Gasteiger partial charge < -0.3 is 9.88 Å². The minimum Gasteiger partial charge on any atom is -0.344 e. The molecule has 0 saturated carbocycles. The van der Waals surface area contributed by atoms with Crippen molar-refractivity contribution >= 4 is 18.0 Å². The number of nitrogens with zero attached hydrogens (tertiary/aromatic N) is 3. The van der Waals surface area contributed by atoms with E-state index in [0.29, 0.717) is 0 Å². The molecule has 30 heavy (non-hydrogen) atoms. The molecule has 2 aromatic heterocycles. The Kier molecular flexibility index (Phi) is 6.41. The number of aryl methyl sites for hydroxylation is 3. The molecule has 0 unspecified atom stereocenters. The van der Waals surface area contributed by atoms with Gasteiger partial charge >= 0.3 is 11.8 Å². The molecule has 3 rings (SSSR count). The summed E-state index contributed by atoms with van der Waals surface area (Å²) in [6, 6.07) is 11.8. The number of nitrogens with one attached hydrogen (secondary N) is 2. The highest BCUT2D eigenvalue weighted by Gasteiger charge is 2.13. The number of carbonyl (C=O) groups excluding carboxylic acids is 2. The highest BCUT2D eigenvalue weighted by atomic mass is 16.2. The molecule has 2 amide bonds. The summed E-state index contributed by atoms with van der Waals surface area (Å²) in [4.78, 5) is 27.8. The first kappa shape index (κ1) is 21.0. The van der Waals surface area contributed by atoms with Gasteiger partial charge in [0.15, 0.2) is 0 Å². The number of hydrogen-bond donors (Lipinski definition) is 2. The van der Waals surface area contributed by atoms with Crippen molar-refractivity contribution in [3.8, 4) is 5.69 Å². The predicted molar refractivity (Wildman–Crippen MR) is 117 cm³/mol. The molecule has 0 spiro atoms. The lowest BCUT2D eigenvalue weighted by Gasteiger charge is -2.11. The average Bonchev–Trinajstić information content (AvgIpc) is 3.02. The molecule has 0 aliphatic heterocycles. The lowest BCUT2D eigenvalue weighted by atomic mass is 10.1. The molecule has 0 fully saturated rings. The van der Waals surface area contributed by atoms with Gasteiger partial charge in [0.05, 0.1) is 6.21 Å². The molecule has 0 atom stereocenters. The maximum Gasteiger partial charge on any atom is 0.329 e. The van der Waals surface area contributed by atoms with Gasteiger partial charge in [0.1, 0.15) is 0 Å². The van der Waals surface area contributed by atoms with Gasteiger partial charge in [-0.3, -0.25) is 14.6 Å². The lowest BCUT2D eigenvalue weighted by molar-refractivity contribution is -0.139. The Bertz CT molecular complexity index is 1100. The van der Waals surface area contributed by atoms with E-state index in [-0.39, 0.29) is 6.54 Å². The van der Waals surface area contributed by atoms with Crippen LogP contribution in [0.5, 0.6) is 0 Å². The number of hydrogen-bond acceptors (Lipinski definition) is 4. The van der Waals surface area contributed by atoms with Crippen molar-refractivity contribution in [1.82, 2.24) is 20.3 Å². The van der Waals surface area contributed by atoms with Crippen molar-refractivity contribution in [2.45, 2.75) is 34.2 Å². The molecule has 3 aromatic rings. The summed E-state index contributed by atoms with van der Waals surface area (Å²) < 4.78 is 2.14. The quantitative estimate of drug-likeness (QED) is 0.390. The number of benzene rings is 1. The zero-order valence-electron chi connectivity index (χ0n) is 17.6. The molecule has 0 radical (unpaired) electrons. The Morgan fingerprint density at radius 1 is 1.00 bits per heavy atom. The van der Waals surface area contributed by atoms with Crippen LogP contribution in [0.3, 0.4) is 0 Å². The van der Waals surface area contributed by atoms with E-state index < -0.39 is 11.8 Å². The summed E-state index contributed by atoms with van der Waals surface area (Å²) in [6.45, 7) is 8.43. The molecule has 2 heterocycles. The molecule has 0 aliphatic carbocycles. The molecule has 7 nitrogen and oxygen atoms in total. The first-order valence-electron chi connectivity index (χ1n) is 9.63. The normalized spacial score (nSPS) is 10.9. The van der Waals surface area contributed by atoms with Gasteiger partial charge in [-0.05, 0) is 74.7 Å². The summed E-state index contributed by atoms with van der Waals surface area (Å²) in [7, 11) is 0. The third-order valence-corrected chi connectivity index (χ3v) is 5.00. The molecule has 0 saturated heterocycles. The Morgan fingerprint density at radius 3 is 2.43 bits per heavy atom. The molecule has 154 valence electrons. The first-order valence-corrected chi connectivity index (χ1v) is 9.63. The summed E-state index contributed by atoms with van der Waals surface area (Å²) in [5.41, 5.74) is 9.59. The van der Waals surface area contributed by atoms with Crippen molar-refractivity contribution in [2.24, 2.45) is 5.10 Å². The molecular weight excluding hydrogens is 378 g/mol. The van der Waals surface area contributed by atoms with Gasteiger partial charge in [-0.2, -0.15) is 5.10 Å². The van der Waals surface area contributed by atoms with Crippen LogP contribution < -0.4 is 10.7 Å². The monoisotopic (exact) mass is 403 g/mol. The maximum atomic E-state index is 11.9. The van der Waals surface area contributed by atoms with Gasteiger partial charge in [0.25, 0.3) is 0 Å². The first-order chi connectivity index (χ1) is 14.4. The third kappa shape index (κ3) is 4.81. The fraction of sp³-hybridized carbons (Fsp3) is 0.217. The lowest BCUT2D eigenvalue weighted by Crippen LogP contribution is -2.37. The number of aromatic nitrogens is 2. The second-order valence-corrected chi connectivity index (χ2v) is 7.17. The second-order valence-electron chi connectivity index (χ2n) is 7.17. The van der Waals surface area contributed by atoms with Crippen molar-refractivity contribution in [1.29, 1.82) is 0 Å². The highest BCUT2D eigenvalue weighted by molar-refractivity contribution is 6.35. The summed E-state index contributed by atoms with van der Waals surface area (Å²) in [5.74, 6) is -1.56. The zero-order valence-corrected chi connectivity index (χ0v) is 17.6.